The van der Waals surface area contributed by atoms with Gasteiger partial charge in [-0.15, -0.1) is 6.58 Å². The minimum atomic E-state index is 0.675. The van der Waals surface area contributed by atoms with Gasteiger partial charge < -0.3 is 0 Å². The molecular formula is C20H32. The Bertz CT molecular complexity index is 325. The normalized spacial score (nSPS) is 12.2. The molecule has 0 spiro atoms. The van der Waals surface area contributed by atoms with Crippen molar-refractivity contribution in [2.45, 2.75) is 77.0 Å². The van der Waals surface area contributed by atoms with Crippen LogP contribution >= 0.6 is 0 Å². The van der Waals surface area contributed by atoms with Gasteiger partial charge in [-0.3, -0.25) is 0 Å². The van der Waals surface area contributed by atoms with Crippen molar-refractivity contribution in [3.8, 4) is 0 Å². The molecule has 0 nitrogen and oxygen atoms in total. The number of unbranched alkanes of at least 4 members (excludes halogenated alkanes) is 7. The van der Waals surface area contributed by atoms with E-state index in [4.69, 9.17) is 0 Å². The monoisotopic (exact) mass is 272 g/mol. The maximum Gasteiger partial charge on any atom is -0.0127 e. The Balaban J connectivity index is 2.15. The lowest BCUT2D eigenvalue weighted by molar-refractivity contribution is 0.531. The third-order valence-corrected chi connectivity index (χ3v) is 4.13. The lowest BCUT2D eigenvalue weighted by atomic mass is 9.90. The summed E-state index contributed by atoms with van der Waals surface area (Å²) < 4.78 is 0. The van der Waals surface area contributed by atoms with Crippen molar-refractivity contribution < 1.29 is 0 Å². The zero-order valence-corrected chi connectivity index (χ0v) is 13.3. The average Bonchev–Trinajstić information content (AvgIpc) is 2.50. The van der Waals surface area contributed by atoms with Crippen molar-refractivity contribution in [3.05, 3.63) is 48.6 Å². The van der Waals surface area contributed by atoms with Crippen LogP contribution in [-0.2, 0) is 0 Å². The quantitative estimate of drug-likeness (QED) is 0.287. The zero-order chi connectivity index (χ0) is 14.5. The van der Waals surface area contributed by atoms with Gasteiger partial charge in [0, 0.05) is 0 Å². The van der Waals surface area contributed by atoms with Crippen LogP contribution in [0.4, 0.5) is 0 Å². The first kappa shape index (κ1) is 17.0. The van der Waals surface area contributed by atoms with E-state index in [-0.39, 0.29) is 0 Å². The van der Waals surface area contributed by atoms with Crippen molar-refractivity contribution in [2.24, 2.45) is 0 Å². The Kier molecular flexibility index (Phi) is 10.0. The van der Waals surface area contributed by atoms with E-state index in [9.17, 15) is 0 Å². The summed E-state index contributed by atoms with van der Waals surface area (Å²) >= 11 is 0. The molecule has 0 saturated heterocycles. The highest BCUT2D eigenvalue weighted by molar-refractivity contribution is 5.20. The average molecular weight is 272 g/mol. The van der Waals surface area contributed by atoms with Crippen molar-refractivity contribution in [3.63, 3.8) is 0 Å². The molecule has 0 heterocycles. The Hall–Kier alpha value is -1.04. The van der Waals surface area contributed by atoms with E-state index in [1.807, 2.05) is 0 Å². The molecule has 0 heteroatoms. The van der Waals surface area contributed by atoms with E-state index >= 15 is 0 Å². The molecule has 0 aromatic heterocycles. The van der Waals surface area contributed by atoms with Crippen LogP contribution in [0.15, 0.2) is 43.0 Å². The summed E-state index contributed by atoms with van der Waals surface area (Å²) in [6.45, 7) is 6.19. The van der Waals surface area contributed by atoms with Gasteiger partial charge in [0.1, 0.15) is 0 Å². The number of allylic oxidation sites excluding steroid dienone is 1. The van der Waals surface area contributed by atoms with Crippen LogP contribution in [0.2, 0.25) is 0 Å². The summed E-state index contributed by atoms with van der Waals surface area (Å²) in [6, 6.07) is 10.9. The maximum absolute atomic E-state index is 3.91. The Morgan fingerprint density at radius 2 is 1.50 bits per heavy atom. The highest BCUT2D eigenvalue weighted by Gasteiger charge is 2.08. The van der Waals surface area contributed by atoms with Gasteiger partial charge in [0.2, 0.25) is 0 Å². The lowest BCUT2D eigenvalue weighted by Crippen LogP contribution is -1.97. The molecule has 0 aliphatic carbocycles. The molecule has 0 saturated carbocycles. The first-order chi connectivity index (χ1) is 9.88. The molecule has 0 bridgehead atoms. The summed E-state index contributed by atoms with van der Waals surface area (Å²) in [5.41, 5.74) is 1.48. The number of hydrogen-bond donors (Lipinski definition) is 0. The Labute approximate surface area is 126 Å². The molecular weight excluding hydrogens is 240 g/mol. The Morgan fingerprint density at radius 1 is 0.900 bits per heavy atom. The standard InChI is InChI=1S/C20H32/c1-3-5-6-7-8-9-10-12-16-19(15-4-2)20-17-13-11-14-18-20/h4,11,13-14,17-19H,2-3,5-10,12,15-16H2,1H3. The van der Waals surface area contributed by atoms with Crippen LogP contribution < -0.4 is 0 Å². The number of hydrogen-bond acceptors (Lipinski definition) is 0. The van der Waals surface area contributed by atoms with Crippen LogP contribution in [0.5, 0.6) is 0 Å². The first-order valence-corrected chi connectivity index (χ1v) is 8.54. The SMILES string of the molecule is C=CCC(CCCCCCCCCC)c1ccccc1. The third-order valence-electron chi connectivity index (χ3n) is 4.13. The molecule has 1 atom stereocenters. The van der Waals surface area contributed by atoms with Crippen LogP contribution in [0.25, 0.3) is 0 Å². The van der Waals surface area contributed by atoms with E-state index in [0.29, 0.717) is 5.92 Å². The molecule has 1 aromatic carbocycles. The fourth-order valence-electron chi connectivity index (χ4n) is 2.87. The van der Waals surface area contributed by atoms with Gasteiger partial charge in [-0.2, -0.15) is 0 Å². The van der Waals surface area contributed by atoms with Gasteiger partial charge in [-0.25, -0.2) is 0 Å². The predicted molar refractivity (Wildman–Crippen MR) is 91.2 cm³/mol. The van der Waals surface area contributed by atoms with Crippen LogP contribution in [0, 0.1) is 0 Å². The molecule has 0 N–H and O–H groups in total. The molecule has 112 valence electrons. The zero-order valence-electron chi connectivity index (χ0n) is 13.3. The van der Waals surface area contributed by atoms with Crippen molar-refractivity contribution >= 4 is 0 Å². The van der Waals surface area contributed by atoms with E-state index in [1.54, 1.807) is 0 Å². The number of benzene rings is 1. The van der Waals surface area contributed by atoms with Crippen molar-refractivity contribution in [2.75, 3.05) is 0 Å². The molecule has 0 aliphatic heterocycles. The van der Waals surface area contributed by atoms with Gasteiger partial charge >= 0.3 is 0 Å². The number of rotatable bonds is 12. The smallest absolute Gasteiger partial charge is 0.0127 e. The van der Waals surface area contributed by atoms with Crippen LogP contribution in [0.1, 0.15) is 82.6 Å². The maximum atomic E-state index is 3.91. The van der Waals surface area contributed by atoms with Crippen LogP contribution in [0.3, 0.4) is 0 Å². The predicted octanol–water partition coefficient (Wildman–Crippen LogP) is 6.88. The second-order valence-corrected chi connectivity index (χ2v) is 5.90. The molecule has 1 rings (SSSR count). The van der Waals surface area contributed by atoms with Gasteiger partial charge in [-0.1, -0.05) is 94.7 Å². The summed E-state index contributed by atoms with van der Waals surface area (Å²) in [6.07, 6.45) is 15.7. The van der Waals surface area contributed by atoms with E-state index in [1.165, 1.54) is 63.4 Å². The fraction of sp³-hybridized carbons (Fsp3) is 0.600. The summed E-state index contributed by atoms with van der Waals surface area (Å²) in [5, 5.41) is 0. The highest BCUT2D eigenvalue weighted by Crippen LogP contribution is 2.26. The summed E-state index contributed by atoms with van der Waals surface area (Å²) in [5.74, 6) is 0.675. The van der Waals surface area contributed by atoms with Gasteiger partial charge in [0.25, 0.3) is 0 Å². The second kappa shape index (κ2) is 11.8. The largest absolute Gasteiger partial charge is 0.103 e. The summed E-state index contributed by atoms with van der Waals surface area (Å²) in [7, 11) is 0. The van der Waals surface area contributed by atoms with Crippen molar-refractivity contribution in [1.82, 2.24) is 0 Å². The third kappa shape index (κ3) is 7.53. The molecule has 0 aliphatic rings. The topological polar surface area (TPSA) is 0 Å². The lowest BCUT2D eigenvalue weighted by Gasteiger charge is -2.15. The molecule has 1 unspecified atom stereocenters. The molecule has 0 amide bonds. The Morgan fingerprint density at radius 3 is 2.10 bits per heavy atom. The minimum Gasteiger partial charge on any atom is -0.103 e. The van der Waals surface area contributed by atoms with E-state index in [0.717, 1.165) is 6.42 Å². The fourth-order valence-corrected chi connectivity index (χ4v) is 2.87. The molecule has 0 fully saturated rings. The van der Waals surface area contributed by atoms with Crippen molar-refractivity contribution in [1.29, 1.82) is 0 Å². The molecule has 20 heavy (non-hydrogen) atoms. The molecule has 0 radical (unpaired) electrons. The first-order valence-electron chi connectivity index (χ1n) is 8.54. The second-order valence-electron chi connectivity index (χ2n) is 5.90. The van der Waals surface area contributed by atoms with E-state index in [2.05, 4.69) is 49.9 Å². The van der Waals surface area contributed by atoms with Gasteiger partial charge in [0.15, 0.2) is 0 Å². The minimum absolute atomic E-state index is 0.675. The van der Waals surface area contributed by atoms with Crippen LogP contribution in [-0.4, -0.2) is 0 Å². The highest BCUT2D eigenvalue weighted by atomic mass is 14.1. The summed E-state index contributed by atoms with van der Waals surface area (Å²) in [4.78, 5) is 0. The van der Waals surface area contributed by atoms with E-state index < -0.39 is 0 Å². The van der Waals surface area contributed by atoms with Gasteiger partial charge in [0.05, 0.1) is 0 Å². The van der Waals surface area contributed by atoms with Gasteiger partial charge in [-0.05, 0) is 24.3 Å². The molecule has 1 aromatic rings.